The van der Waals surface area contributed by atoms with Crippen LogP contribution in [0.3, 0.4) is 0 Å². The smallest absolute Gasteiger partial charge is 0.00291 e. The van der Waals surface area contributed by atoms with Gasteiger partial charge < -0.3 is 0 Å². The van der Waals surface area contributed by atoms with Crippen LogP contribution in [0, 0.1) is 0 Å². The van der Waals surface area contributed by atoms with Crippen molar-refractivity contribution in [3.63, 3.8) is 0 Å². The topological polar surface area (TPSA) is 0 Å². The van der Waals surface area contributed by atoms with Gasteiger partial charge in [0.2, 0.25) is 0 Å². The molecule has 0 aromatic heterocycles. The summed E-state index contributed by atoms with van der Waals surface area (Å²) >= 11 is 0. The molecular formula is C64H46S2. The fraction of sp³-hybridized carbons (Fsp3) is 0. The van der Waals surface area contributed by atoms with Crippen LogP contribution in [0.1, 0.15) is 0 Å². The van der Waals surface area contributed by atoms with Gasteiger partial charge in [-0.25, -0.2) is 0 Å². The van der Waals surface area contributed by atoms with Gasteiger partial charge in [-0.1, -0.05) is 182 Å². The van der Waals surface area contributed by atoms with Crippen molar-refractivity contribution in [1.29, 1.82) is 0 Å². The molecule has 314 valence electrons. The molecule has 0 heterocycles. The fourth-order valence-electron chi connectivity index (χ4n) is 10.4. The van der Waals surface area contributed by atoms with Crippen molar-refractivity contribution < 1.29 is 0 Å². The number of hydrogen-bond donors (Lipinski definition) is 0. The summed E-state index contributed by atoms with van der Waals surface area (Å²) in [5, 5.41) is 7.69. The Morgan fingerprint density at radius 2 is 0.455 bits per heavy atom. The highest BCUT2D eigenvalue weighted by Crippen LogP contribution is 2.75. The Bertz CT molecular complexity index is 3170. The summed E-state index contributed by atoms with van der Waals surface area (Å²) < 4.78 is 0. The van der Waals surface area contributed by atoms with Gasteiger partial charge in [0.15, 0.2) is 0 Å². The average molecular weight is 879 g/mol. The standard InChI is InChI=1S/C64H46S2/c1-7-23-51(24-8-1)65(52-25-9-2-10-26-52,53-27-11-3-12-28-53)57-35-19-21-49(45-57)59-41-37-47-40-44-62-60(42-38-48-39-43-61(59)63(47)64(48)62)50-22-20-36-58(46-50)66(54-29-13-4-14-30-54,55-31-15-5-16-32-55)56-33-17-6-18-34-56/h1-46H. The highest BCUT2D eigenvalue weighted by atomic mass is 32.3. The van der Waals surface area contributed by atoms with Gasteiger partial charge >= 0.3 is 0 Å². The first-order chi connectivity index (χ1) is 32.7. The molecule has 0 saturated heterocycles. The van der Waals surface area contributed by atoms with Crippen LogP contribution in [0.15, 0.2) is 318 Å². The van der Waals surface area contributed by atoms with Gasteiger partial charge in [-0.05, 0) is 152 Å². The molecule has 0 atom stereocenters. The lowest BCUT2D eigenvalue weighted by atomic mass is 9.87. The predicted octanol–water partition coefficient (Wildman–Crippen LogP) is 18.6. The van der Waals surface area contributed by atoms with E-state index in [2.05, 4.69) is 279 Å². The second-order valence-corrected chi connectivity index (χ2v) is 23.0. The molecular weight excluding hydrogens is 833 g/mol. The van der Waals surface area contributed by atoms with Crippen molar-refractivity contribution in [2.75, 3.05) is 0 Å². The normalized spacial score (nSPS) is 12.4. The summed E-state index contributed by atoms with van der Waals surface area (Å²) in [4.78, 5) is 10.6. The average Bonchev–Trinajstić information content (AvgIpc) is 3.40. The second-order valence-electron chi connectivity index (χ2n) is 16.8. The fourth-order valence-corrected chi connectivity index (χ4v) is 18.2. The monoisotopic (exact) mass is 878 g/mol. The van der Waals surface area contributed by atoms with Gasteiger partial charge in [0.25, 0.3) is 0 Å². The van der Waals surface area contributed by atoms with Gasteiger partial charge in [-0.3, -0.25) is 0 Å². The second kappa shape index (κ2) is 16.7. The van der Waals surface area contributed by atoms with E-state index >= 15 is 0 Å². The van der Waals surface area contributed by atoms with Crippen LogP contribution in [-0.2, 0) is 0 Å². The van der Waals surface area contributed by atoms with Crippen LogP contribution < -0.4 is 0 Å². The van der Waals surface area contributed by atoms with Gasteiger partial charge in [-0.2, -0.15) is 0 Å². The molecule has 2 heteroatoms. The van der Waals surface area contributed by atoms with Crippen molar-refractivity contribution in [2.45, 2.75) is 39.2 Å². The Labute approximate surface area is 390 Å². The maximum atomic E-state index is 2.48. The number of benzene rings is 12. The van der Waals surface area contributed by atoms with Gasteiger partial charge in [0.05, 0.1) is 0 Å². The Hall–Kier alpha value is -7.62. The van der Waals surface area contributed by atoms with Crippen LogP contribution in [0.2, 0.25) is 0 Å². The van der Waals surface area contributed by atoms with E-state index in [4.69, 9.17) is 0 Å². The summed E-state index contributed by atoms with van der Waals surface area (Å²) in [5.74, 6) is 0. The Morgan fingerprint density at radius 3 is 0.742 bits per heavy atom. The molecule has 12 aromatic carbocycles. The van der Waals surface area contributed by atoms with E-state index < -0.39 is 20.1 Å². The van der Waals surface area contributed by atoms with Gasteiger partial charge in [0.1, 0.15) is 0 Å². The van der Waals surface area contributed by atoms with Crippen LogP contribution in [0.5, 0.6) is 0 Å². The molecule has 12 rings (SSSR count). The summed E-state index contributed by atoms with van der Waals surface area (Å²) in [6, 6.07) is 104. The van der Waals surface area contributed by atoms with Crippen molar-refractivity contribution in [1.82, 2.24) is 0 Å². The van der Waals surface area contributed by atoms with E-state index in [9.17, 15) is 0 Å². The molecule has 0 radical (unpaired) electrons. The lowest BCUT2D eigenvalue weighted by molar-refractivity contribution is 1.24. The van der Waals surface area contributed by atoms with E-state index in [1.54, 1.807) is 0 Å². The minimum Gasteiger partial charge on any atom is -0.133 e. The van der Waals surface area contributed by atoms with Crippen LogP contribution in [0.25, 0.3) is 54.6 Å². The molecule has 0 fully saturated rings. The molecule has 66 heavy (non-hydrogen) atoms. The lowest BCUT2D eigenvalue weighted by Crippen LogP contribution is -2.05. The van der Waals surface area contributed by atoms with Crippen LogP contribution in [0.4, 0.5) is 0 Å². The lowest BCUT2D eigenvalue weighted by Gasteiger charge is -2.42. The van der Waals surface area contributed by atoms with Crippen LogP contribution in [-0.4, -0.2) is 0 Å². The first-order valence-corrected chi connectivity index (χ1v) is 25.9. The molecule has 0 saturated carbocycles. The first-order valence-electron chi connectivity index (χ1n) is 22.6. The minimum absolute atomic E-state index is 1.22. The third kappa shape index (κ3) is 6.40. The van der Waals surface area contributed by atoms with Gasteiger partial charge in [-0.15, -0.1) is 20.1 Å². The molecule has 0 aliphatic heterocycles. The van der Waals surface area contributed by atoms with E-state index in [1.165, 1.54) is 93.7 Å². The quantitative estimate of drug-likeness (QED) is 0.120. The zero-order valence-corrected chi connectivity index (χ0v) is 38.0. The molecule has 0 bridgehead atoms. The molecule has 0 aliphatic carbocycles. The maximum Gasteiger partial charge on any atom is 0.00291 e. The zero-order chi connectivity index (χ0) is 43.9. The maximum absolute atomic E-state index is 2.48. The van der Waals surface area contributed by atoms with E-state index in [1.807, 2.05) is 0 Å². The zero-order valence-electron chi connectivity index (χ0n) is 36.4. The Morgan fingerprint density at radius 1 is 0.197 bits per heavy atom. The molecule has 12 aromatic rings. The predicted molar refractivity (Wildman–Crippen MR) is 281 cm³/mol. The summed E-state index contributed by atoms with van der Waals surface area (Å²) in [6.45, 7) is 0. The first kappa shape index (κ1) is 39.9. The molecule has 0 N–H and O–H groups in total. The summed E-state index contributed by atoms with van der Waals surface area (Å²) in [7, 11) is -3.69. The molecule has 0 aliphatic rings. The SMILES string of the molecule is c1ccc(S(c2ccccc2)(c2ccccc2)c2cccc(-c3ccc4ccc5c(-c6cccc(S(c7ccccc7)(c7ccccc7)c7ccccc7)c6)ccc6ccc3c4c65)c2)cc1. The van der Waals surface area contributed by atoms with E-state index in [0.717, 1.165) is 0 Å². The van der Waals surface area contributed by atoms with Gasteiger partial charge in [0, 0.05) is 39.2 Å². The Balaban J connectivity index is 1.05. The van der Waals surface area contributed by atoms with Crippen molar-refractivity contribution in [3.8, 4) is 22.3 Å². The highest BCUT2D eigenvalue weighted by Gasteiger charge is 2.35. The minimum atomic E-state index is -1.85. The summed E-state index contributed by atoms with van der Waals surface area (Å²) in [5.41, 5.74) is 4.94. The molecule has 0 unspecified atom stereocenters. The summed E-state index contributed by atoms with van der Waals surface area (Å²) in [6.07, 6.45) is 0. The Kier molecular flexibility index (Phi) is 10.1. The largest absolute Gasteiger partial charge is 0.133 e. The van der Waals surface area contributed by atoms with Crippen molar-refractivity contribution in [3.05, 3.63) is 279 Å². The molecule has 0 amide bonds. The number of hydrogen-bond acceptors (Lipinski definition) is 0. The molecule has 0 nitrogen and oxygen atoms in total. The van der Waals surface area contributed by atoms with Crippen molar-refractivity contribution >= 4 is 52.4 Å². The molecule has 0 spiro atoms. The third-order valence-electron chi connectivity index (χ3n) is 13.2. The van der Waals surface area contributed by atoms with Crippen molar-refractivity contribution in [2.24, 2.45) is 0 Å². The van der Waals surface area contributed by atoms with E-state index in [0.29, 0.717) is 0 Å². The highest BCUT2D eigenvalue weighted by molar-refractivity contribution is 8.34. The van der Waals surface area contributed by atoms with Crippen LogP contribution >= 0.6 is 20.1 Å². The van der Waals surface area contributed by atoms with E-state index in [-0.39, 0.29) is 0 Å². The number of rotatable bonds is 10. The third-order valence-corrected chi connectivity index (χ3v) is 21.0.